The van der Waals surface area contributed by atoms with Crippen molar-refractivity contribution in [1.29, 1.82) is 0 Å². The van der Waals surface area contributed by atoms with Crippen LogP contribution in [0.4, 0.5) is 0 Å². The molecule has 0 spiro atoms. The zero-order valence-electron chi connectivity index (χ0n) is 16.6. The van der Waals surface area contributed by atoms with Crippen molar-refractivity contribution in [3.63, 3.8) is 0 Å². The summed E-state index contributed by atoms with van der Waals surface area (Å²) in [5.74, 6) is 2.77. The second-order valence-corrected chi connectivity index (χ2v) is 8.79. The first-order chi connectivity index (χ1) is 14.7. The minimum atomic E-state index is 0.710. The van der Waals surface area contributed by atoms with Crippen LogP contribution >= 0.6 is 27.7 Å². The fourth-order valence-corrected chi connectivity index (χ4v) is 4.40. The molecule has 6 nitrogen and oxygen atoms in total. The summed E-state index contributed by atoms with van der Waals surface area (Å²) in [5, 5.41) is 16.3. The number of halogens is 1. The number of benzene rings is 2. The molecule has 154 valence electrons. The maximum atomic E-state index is 6.01. The monoisotopic (exact) mass is 483 g/mol. The third-order valence-corrected chi connectivity index (χ3v) is 6.08. The van der Waals surface area contributed by atoms with Gasteiger partial charge in [-0.1, -0.05) is 45.9 Å². The molecular weight excluding hydrogens is 462 g/mol. The summed E-state index contributed by atoms with van der Waals surface area (Å²) in [6.45, 7) is 3.70. The smallest absolute Gasteiger partial charge is 0.214 e. The highest BCUT2D eigenvalue weighted by Gasteiger charge is 2.09. The Labute approximate surface area is 188 Å². The molecule has 0 saturated heterocycles. The summed E-state index contributed by atoms with van der Waals surface area (Å²) in [5.41, 5.74) is 3.28. The number of aromatic nitrogens is 4. The fourth-order valence-electron chi connectivity index (χ4n) is 3.09. The Balaban J connectivity index is 1.22. The topological polar surface area (TPSA) is 68.8 Å². The van der Waals surface area contributed by atoms with Gasteiger partial charge >= 0.3 is 0 Å². The molecule has 2 heterocycles. The van der Waals surface area contributed by atoms with Gasteiger partial charge in [0.25, 0.3) is 0 Å². The van der Waals surface area contributed by atoms with Gasteiger partial charge in [-0.3, -0.25) is 0 Å². The molecule has 4 rings (SSSR count). The first kappa shape index (κ1) is 20.8. The minimum Gasteiger partial charge on any atom is -0.460 e. The van der Waals surface area contributed by atoms with Crippen LogP contribution in [0.5, 0.6) is 0 Å². The molecule has 8 heteroatoms. The SMILES string of the molecule is Cc1cc(Br)ccc1-c1ccc(CNCCCSc2nnnn2-c2ccccc2)o1. The standard InChI is InChI=1S/C22H22BrN5OS/c1-16-14-17(23)8-10-20(16)21-11-9-19(29-21)15-24-12-5-13-30-22-25-26-27-28(22)18-6-3-2-4-7-18/h2-4,6-11,14,24H,5,12-13,15H2,1H3. The third kappa shape index (κ3) is 5.19. The number of tetrazole rings is 1. The lowest BCUT2D eigenvalue weighted by molar-refractivity contribution is 0.493. The van der Waals surface area contributed by atoms with Crippen LogP contribution in [-0.2, 0) is 6.54 Å². The lowest BCUT2D eigenvalue weighted by Gasteiger charge is -2.05. The second-order valence-electron chi connectivity index (χ2n) is 6.81. The molecule has 0 radical (unpaired) electrons. The number of furan rings is 1. The summed E-state index contributed by atoms with van der Waals surface area (Å²) in [4.78, 5) is 0. The molecule has 0 atom stereocenters. The molecule has 0 unspecified atom stereocenters. The molecule has 2 aromatic carbocycles. The molecule has 0 aliphatic heterocycles. The Morgan fingerprint density at radius 1 is 1.10 bits per heavy atom. The summed E-state index contributed by atoms with van der Waals surface area (Å²) in [6, 6.07) is 20.2. The van der Waals surface area contributed by atoms with Crippen LogP contribution in [0, 0.1) is 6.92 Å². The quantitative estimate of drug-likeness (QED) is 0.258. The Kier molecular flexibility index (Phi) is 6.99. The first-order valence-electron chi connectivity index (χ1n) is 9.73. The summed E-state index contributed by atoms with van der Waals surface area (Å²) >= 11 is 5.16. The Morgan fingerprint density at radius 2 is 1.97 bits per heavy atom. The number of hydrogen-bond acceptors (Lipinski definition) is 6. The number of nitrogens with one attached hydrogen (secondary N) is 1. The van der Waals surface area contributed by atoms with Crippen LogP contribution < -0.4 is 5.32 Å². The van der Waals surface area contributed by atoms with Crippen molar-refractivity contribution in [2.45, 2.75) is 25.0 Å². The van der Waals surface area contributed by atoms with E-state index in [4.69, 9.17) is 4.42 Å². The van der Waals surface area contributed by atoms with E-state index in [-0.39, 0.29) is 0 Å². The number of aryl methyl sites for hydroxylation is 1. The molecular formula is C22H22BrN5OS. The molecule has 2 aromatic heterocycles. The number of thioether (sulfide) groups is 1. The van der Waals surface area contributed by atoms with Crippen LogP contribution in [0.25, 0.3) is 17.0 Å². The lowest BCUT2D eigenvalue weighted by Crippen LogP contribution is -2.14. The van der Waals surface area contributed by atoms with Gasteiger partial charge in [-0.25, -0.2) is 0 Å². The van der Waals surface area contributed by atoms with E-state index in [0.717, 1.165) is 51.1 Å². The van der Waals surface area contributed by atoms with Gasteiger partial charge in [0.15, 0.2) is 0 Å². The average molecular weight is 484 g/mol. The van der Waals surface area contributed by atoms with Crippen LogP contribution in [0.15, 0.2) is 74.7 Å². The van der Waals surface area contributed by atoms with Gasteiger partial charge in [-0.2, -0.15) is 4.68 Å². The van der Waals surface area contributed by atoms with Crippen molar-refractivity contribution < 1.29 is 4.42 Å². The largest absolute Gasteiger partial charge is 0.460 e. The molecule has 0 fully saturated rings. The van der Waals surface area contributed by atoms with Gasteiger partial charge in [0, 0.05) is 15.8 Å². The Bertz CT molecular complexity index is 1100. The zero-order chi connectivity index (χ0) is 20.8. The minimum absolute atomic E-state index is 0.710. The molecule has 0 aliphatic rings. The van der Waals surface area contributed by atoms with E-state index in [9.17, 15) is 0 Å². The van der Waals surface area contributed by atoms with Gasteiger partial charge < -0.3 is 9.73 Å². The number of para-hydroxylation sites is 1. The van der Waals surface area contributed by atoms with E-state index in [2.05, 4.69) is 55.8 Å². The van der Waals surface area contributed by atoms with Crippen LogP contribution in [-0.4, -0.2) is 32.5 Å². The molecule has 30 heavy (non-hydrogen) atoms. The van der Waals surface area contributed by atoms with Crippen LogP contribution in [0.2, 0.25) is 0 Å². The van der Waals surface area contributed by atoms with Crippen molar-refractivity contribution in [3.05, 3.63) is 76.5 Å². The van der Waals surface area contributed by atoms with Crippen molar-refractivity contribution in [3.8, 4) is 17.0 Å². The maximum absolute atomic E-state index is 6.01. The first-order valence-corrected chi connectivity index (χ1v) is 11.5. The predicted octanol–water partition coefficient (Wildman–Crippen LogP) is 5.27. The summed E-state index contributed by atoms with van der Waals surface area (Å²) in [7, 11) is 0. The van der Waals surface area contributed by atoms with E-state index in [1.165, 1.54) is 5.56 Å². The third-order valence-electron chi connectivity index (χ3n) is 4.59. The van der Waals surface area contributed by atoms with E-state index in [1.54, 1.807) is 16.4 Å². The van der Waals surface area contributed by atoms with Gasteiger partial charge in [0.1, 0.15) is 11.5 Å². The highest BCUT2D eigenvalue weighted by Crippen LogP contribution is 2.27. The molecule has 0 saturated carbocycles. The normalized spacial score (nSPS) is 11.1. The van der Waals surface area contributed by atoms with Gasteiger partial charge in [-0.15, -0.1) is 5.10 Å². The number of nitrogens with zero attached hydrogens (tertiary/aromatic N) is 4. The van der Waals surface area contributed by atoms with E-state index in [1.807, 2.05) is 48.5 Å². The maximum Gasteiger partial charge on any atom is 0.214 e. The van der Waals surface area contributed by atoms with Gasteiger partial charge in [0.05, 0.1) is 12.2 Å². The fraction of sp³-hybridized carbons (Fsp3) is 0.227. The van der Waals surface area contributed by atoms with Crippen molar-refractivity contribution in [2.24, 2.45) is 0 Å². The van der Waals surface area contributed by atoms with Crippen molar-refractivity contribution in [1.82, 2.24) is 25.5 Å². The molecule has 1 N–H and O–H groups in total. The van der Waals surface area contributed by atoms with Crippen LogP contribution in [0.3, 0.4) is 0 Å². The number of hydrogen-bond donors (Lipinski definition) is 1. The summed E-state index contributed by atoms with van der Waals surface area (Å²) in [6.07, 6.45) is 1.01. The highest BCUT2D eigenvalue weighted by molar-refractivity contribution is 9.10. The van der Waals surface area contributed by atoms with Crippen molar-refractivity contribution >= 4 is 27.7 Å². The van der Waals surface area contributed by atoms with E-state index in [0.29, 0.717) is 6.54 Å². The molecule has 0 aliphatic carbocycles. The Hall–Kier alpha value is -2.42. The van der Waals surface area contributed by atoms with Crippen molar-refractivity contribution in [2.75, 3.05) is 12.3 Å². The summed E-state index contributed by atoms with van der Waals surface area (Å²) < 4.78 is 8.85. The highest BCUT2D eigenvalue weighted by atomic mass is 79.9. The molecule has 4 aromatic rings. The predicted molar refractivity (Wildman–Crippen MR) is 123 cm³/mol. The van der Waals surface area contributed by atoms with Gasteiger partial charge in [-0.05, 0) is 78.3 Å². The molecule has 0 bridgehead atoms. The second kappa shape index (κ2) is 10.1. The molecule has 0 amide bonds. The zero-order valence-corrected chi connectivity index (χ0v) is 19.0. The number of rotatable bonds is 9. The van der Waals surface area contributed by atoms with E-state index < -0.39 is 0 Å². The Morgan fingerprint density at radius 3 is 2.80 bits per heavy atom. The average Bonchev–Trinajstić information content (AvgIpc) is 3.41. The van der Waals surface area contributed by atoms with E-state index >= 15 is 0 Å². The van der Waals surface area contributed by atoms with Gasteiger partial charge in [0.2, 0.25) is 5.16 Å². The van der Waals surface area contributed by atoms with Crippen LogP contribution in [0.1, 0.15) is 17.7 Å². The lowest BCUT2D eigenvalue weighted by atomic mass is 10.1.